The Balaban J connectivity index is 1.49. The summed E-state index contributed by atoms with van der Waals surface area (Å²) in [4.78, 5) is 60.0. The second-order valence-electron chi connectivity index (χ2n) is 9.47. The first kappa shape index (κ1) is 29.5. The fourth-order valence-corrected chi connectivity index (χ4v) is 5.03. The molecule has 0 N–H and O–H groups in total. The van der Waals surface area contributed by atoms with Gasteiger partial charge in [-0.1, -0.05) is 48.5 Å². The maximum Gasteiger partial charge on any atom is 0.508 e. The Kier molecular flexibility index (Phi) is 9.23. The largest absolute Gasteiger partial charge is 0.508 e. The molecular formula is C29H30O12. The molecule has 1 fully saturated rings. The Labute approximate surface area is 235 Å². The van der Waals surface area contributed by atoms with Crippen LogP contribution in [0.3, 0.4) is 0 Å². The van der Waals surface area contributed by atoms with Crippen molar-refractivity contribution >= 4 is 30.0 Å². The monoisotopic (exact) mass is 570 g/mol. The maximum atomic E-state index is 12.7. The van der Waals surface area contributed by atoms with Gasteiger partial charge in [-0.15, -0.1) is 0 Å². The molecule has 12 nitrogen and oxygen atoms in total. The fourth-order valence-electron chi connectivity index (χ4n) is 5.03. The molecular weight excluding hydrogens is 540 g/mol. The van der Waals surface area contributed by atoms with Gasteiger partial charge in [0, 0.05) is 33.6 Å². The first-order valence-electron chi connectivity index (χ1n) is 12.9. The Hall–Kier alpha value is -4.45. The summed E-state index contributed by atoms with van der Waals surface area (Å²) in [7, 11) is 0. The van der Waals surface area contributed by atoms with Gasteiger partial charge in [0.05, 0.1) is 0 Å². The van der Waals surface area contributed by atoms with Gasteiger partial charge in [-0.05, 0) is 22.3 Å². The summed E-state index contributed by atoms with van der Waals surface area (Å²) >= 11 is 0. The zero-order valence-electron chi connectivity index (χ0n) is 22.9. The highest BCUT2D eigenvalue weighted by atomic mass is 16.8. The lowest BCUT2D eigenvalue weighted by atomic mass is 9.98. The smallest absolute Gasteiger partial charge is 0.455 e. The Morgan fingerprint density at radius 2 is 1.07 bits per heavy atom. The Morgan fingerprint density at radius 3 is 1.61 bits per heavy atom. The summed E-state index contributed by atoms with van der Waals surface area (Å²) in [5.74, 6) is -3.39. The van der Waals surface area contributed by atoms with Crippen LogP contribution < -0.4 is 0 Å². The molecule has 41 heavy (non-hydrogen) atoms. The zero-order chi connectivity index (χ0) is 29.7. The normalized spacial score (nSPS) is 22.9. The van der Waals surface area contributed by atoms with E-state index >= 15 is 0 Å². The molecule has 218 valence electrons. The first-order valence-corrected chi connectivity index (χ1v) is 12.9. The molecule has 12 heteroatoms. The second-order valence-corrected chi connectivity index (χ2v) is 9.47. The third-order valence-electron chi connectivity index (χ3n) is 6.48. The van der Waals surface area contributed by atoms with E-state index in [2.05, 4.69) is 0 Å². The van der Waals surface area contributed by atoms with E-state index in [0.29, 0.717) is 0 Å². The average molecular weight is 571 g/mol. The van der Waals surface area contributed by atoms with Crippen molar-refractivity contribution in [2.24, 2.45) is 0 Å². The third kappa shape index (κ3) is 7.01. The Morgan fingerprint density at radius 1 is 0.610 bits per heavy atom. The van der Waals surface area contributed by atoms with Crippen molar-refractivity contribution < 1.29 is 57.1 Å². The lowest BCUT2D eigenvalue weighted by Gasteiger charge is -2.43. The third-order valence-corrected chi connectivity index (χ3v) is 6.48. The van der Waals surface area contributed by atoms with Crippen LogP contribution in [-0.4, -0.2) is 74.0 Å². The first-order chi connectivity index (χ1) is 19.5. The van der Waals surface area contributed by atoms with Gasteiger partial charge in [-0.2, -0.15) is 0 Å². The lowest BCUT2D eigenvalue weighted by molar-refractivity contribution is -0.299. The summed E-state index contributed by atoms with van der Waals surface area (Å²) in [5.41, 5.74) is 4.13. The number of ether oxygens (including phenoxy) is 7. The molecule has 2 aromatic rings. The van der Waals surface area contributed by atoms with Crippen LogP contribution >= 0.6 is 0 Å². The van der Waals surface area contributed by atoms with E-state index in [-0.39, 0.29) is 12.5 Å². The number of fused-ring (bicyclic) bond motifs is 3. The molecule has 2 aliphatic rings. The van der Waals surface area contributed by atoms with Gasteiger partial charge in [0.15, 0.2) is 12.2 Å². The molecule has 1 saturated heterocycles. The molecule has 0 aromatic heterocycles. The van der Waals surface area contributed by atoms with Crippen molar-refractivity contribution in [1.82, 2.24) is 0 Å². The average Bonchev–Trinajstić information content (AvgIpc) is 3.22. The van der Waals surface area contributed by atoms with E-state index in [1.165, 1.54) is 0 Å². The van der Waals surface area contributed by atoms with E-state index in [1.54, 1.807) is 0 Å². The van der Waals surface area contributed by atoms with Crippen molar-refractivity contribution in [1.29, 1.82) is 0 Å². The minimum absolute atomic E-state index is 0.00751. The number of carbonyl (C=O) groups excluding carboxylic acids is 5. The van der Waals surface area contributed by atoms with E-state index in [4.69, 9.17) is 33.2 Å². The summed E-state index contributed by atoms with van der Waals surface area (Å²) in [5, 5.41) is 0. The topological polar surface area (TPSA) is 150 Å². The predicted molar refractivity (Wildman–Crippen MR) is 138 cm³/mol. The number of benzene rings is 2. The van der Waals surface area contributed by atoms with Crippen LogP contribution in [-0.2, 0) is 52.3 Å². The summed E-state index contributed by atoms with van der Waals surface area (Å²) in [6.07, 6.45) is -8.21. The van der Waals surface area contributed by atoms with E-state index < -0.39 is 67.3 Å². The highest BCUT2D eigenvalue weighted by Crippen LogP contribution is 2.44. The van der Waals surface area contributed by atoms with Crippen LogP contribution in [0.25, 0.3) is 11.1 Å². The van der Waals surface area contributed by atoms with Gasteiger partial charge in [0.25, 0.3) is 0 Å². The molecule has 0 unspecified atom stereocenters. The molecule has 1 heterocycles. The van der Waals surface area contributed by atoms with Crippen molar-refractivity contribution in [2.45, 2.75) is 64.3 Å². The highest BCUT2D eigenvalue weighted by Gasteiger charge is 2.53. The van der Waals surface area contributed by atoms with Gasteiger partial charge in [0.2, 0.25) is 12.4 Å². The van der Waals surface area contributed by atoms with Crippen molar-refractivity contribution in [3.63, 3.8) is 0 Å². The molecule has 1 aliphatic heterocycles. The summed E-state index contributed by atoms with van der Waals surface area (Å²) in [6, 6.07) is 15.6. The van der Waals surface area contributed by atoms with Crippen LogP contribution in [0.5, 0.6) is 0 Å². The van der Waals surface area contributed by atoms with Gasteiger partial charge in [-0.3, -0.25) is 19.2 Å². The molecule has 1 aliphatic carbocycles. The molecule has 4 rings (SSSR count). The van der Waals surface area contributed by atoms with Gasteiger partial charge in [-0.25, -0.2) is 4.79 Å². The molecule has 2 aromatic carbocycles. The quantitative estimate of drug-likeness (QED) is 0.339. The van der Waals surface area contributed by atoms with Gasteiger partial charge >= 0.3 is 30.0 Å². The standard InChI is InChI=1S/C29H30O12/c1-15(30)37-25-24(41-28(40-18(4)33)27(39-17(3)32)26(25)38-16(2)31)14-36-29(34)35-13-23-21-11-7-5-9-19(21)20-10-6-8-12-22(20)23/h5-12,23-28H,13-14H2,1-4H3/t24-,25-,26+,27-,28-/m1/s1. The van der Waals surface area contributed by atoms with Crippen molar-refractivity contribution in [3.8, 4) is 11.1 Å². The number of hydrogen-bond acceptors (Lipinski definition) is 12. The van der Waals surface area contributed by atoms with Crippen LogP contribution in [0.15, 0.2) is 48.5 Å². The number of rotatable bonds is 8. The molecule has 0 amide bonds. The predicted octanol–water partition coefficient (Wildman–Crippen LogP) is 3.04. The molecule has 0 bridgehead atoms. The minimum Gasteiger partial charge on any atom is -0.455 e. The highest BCUT2D eigenvalue weighted by molar-refractivity contribution is 5.79. The van der Waals surface area contributed by atoms with E-state index in [9.17, 15) is 24.0 Å². The number of carbonyl (C=O) groups is 5. The van der Waals surface area contributed by atoms with Crippen LogP contribution in [0.2, 0.25) is 0 Å². The van der Waals surface area contributed by atoms with Gasteiger partial charge < -0.3 is 33.2 Å². The number of esters is 4. The van der Waals surface area contributed by atoms with E-state index in [0.717, 1.165) is 49.9 Å². The molecule has 0 radical (unpaired) electrons. The van der Waals surface area contributed by atoms with Crippen molar-refractivity contribution in [3.05, 3.63) is 59.7 Å². The van der Waals surface area contributed by atoms with E-state index in [1.807, 2.05) is 48.5 Å². The maximum absolute atomic E-state index is 12.7. The van der Waals surface area contributed by atoms with Gasteiger partial charge in [0.1, 0.15) is 19.3 Å². The summed E-state index contributed by atoms with van der Waals surface area (Å²) in [6.45, 7) is 3.82. The SMILES string of the molecule is CC(=O)O[C@@H]1O[C@H](COC(=O)OCC2c3ccccc3-c3ccccc32)[C@@H](OC(C)=O)[C@H](OC(C)=O)[C@H]1OC(C)=O. The number of hydrogen-bond donors (Lipinski definition) is 0. The second kappa shape index (κ2) is 12.8. The summed E-state index contributed by atoms with van der Waals surface area (Å²) < 4.78 is 37.5. The van der Waals surface area contributed by atoms with Crippen LogP contribution in [0, 0.1) is 0 Å². The lowest BCUT2D eigenvalue weighted by Crippen LogP contribution is -2.63. The Bertz CT molecular complexity index is 1270. The fraction of sp³-hybridized carbons (Fsp3) is 0.414. The molecule has 0 spiro atoms. The van der Waals surface area contributed by atoms with Crippen LogP contribution in [0.1, 0.15) is 44.7 Å². The molecule has 0 saturated carbocycles. The van der Waals surface area contributed by atoms with Crippen molar-refractivity contribution in [2.75, 3.05) is 13.2 Å². The molecule has 5 atom stereocenters. The zero-order valence-corrected chi connectivity index (χ0v) is 22.9. The minimum atomic E-state index is -1.57. The van der Waals surface area contributed by atoms with Crippen LogP contribution in [0.4, 0.5) is 4.79 Å².